The molecule has 0 unspecified atom stereocenters. The number of hydrogen-bond donors (Lipinski definition) is 1. The van der Waals surface area contributed by atoms with Crippen molar-refractivity contribution in [3.05, 3.63) is 58.7 Å². The fourth-order valence-electron chi connectivity index (χ4n) is 5.76. The largest absolute Gasteiger partial charge is 0.573 e. The number of fused-ring (bicyclic) bond motifs is 1. The quantitative estimate of drug-likeness (QED) is 0.466. The first kappa shape index (κ1) is 25.5. The summed E-state index contributed by atoms with van der Waals surface area (Å²) in [6, 6.07) is 10.4. The number of nitrogens with zero attached hydrogens (tertiary/aromatic N) is 1. The number of carboxylic acid groups (broad SMARTS) is 1. The monoisotopic (exact) mass is 513 g/mol. The Labute approximate surface area is 214 Å². The summed E-state index contributed by atoms with van der Waals surface area (Å²) in [6.07, 6.45) is 4.55. The van der Waals surface area contributed by atoms with E-state index in [-0.39, 0.29) is 23.7 Å². The molecule has 37 heavy (non-hydrogen) atoms. The number of alkyl halides is 3. The minimum atomic E-state index is -4.77. The zero-order valence-corrected chi connectivity index (χ0v) is 20.6. The molecule has 2 aromatic carbocycles. The first-order valence-corrected chi connectivity index (χ1v) is 12.7. The SMILES string of the molecule is C#Cc1ccc(OC(F)(F)F)c(CN2CC([C@H]3CCc4ccc([C@H](C5CC5)[C@H](C)C(=O)O)cc4O3)C2)c1. The zero-order chi connectivity index (χ0) is 26.3. The molecule has 0 bridgehead atoms. The molecule has 1 N–H and O–H groups in total. The summed E-state index contributed by atoms with van der Waals surface area (Å²) in [7, 11) is 0. The number of benzene rings is 2. The molecule has 2 aromatic rings. The lowest BCUT2D eigenvalue weighted by Gasteiger charge is -2.44. The molecule has 3 atom stereocenters. The Hall–Kier alpha value is -3.18. The molecule has 5 nitrogen and oxygen atoms in total. The number of rotatable bonds is 8. The summed E-state index contributed by atoms with van der Waals surface area (Å²) in [4.78, 5) is 13.8. The highest BCUT2D eigenvalue weighted by molar-refractivity contribution is 5.71. The summed E-state index contributed by atoms with van der Waals surface area (Å²) in [5, 5.41) is 9.61. The van der Waals surface area contributed by atoms with E-state index in [1.807, 2.05) is 6.07 Å². The molecule has 2 fully saturated rings. The van der Waals surface area contributed by atoms with Crippen LogP contribution < -0.4 is 9.47 Å². The second-order valence-corrected chi connectivity index (χ2v) is 10.5. The van der Waals surface area contributed by atoms with Gasteiger partial charge in [-0.1, -0.05) is 25.0 Å². The van der Waals surface area contributed by atoms with E-state index >= 15 is 0 Å². The van der Waals surface area contributed by atoms with Crippen LogP contribution in [0.1, 0.15) is 54.4 Å². The molecule has 1 saturated heterocycles. The molecular weight excluding hydrogens is 483 g/mol. The van der Waals surface area contributed by atoms with Gasteiger partial charge >= 0.3 is 12.3 Å². The molecular formula is C29H30F3NO4. The number of hydrogen-bond acceptors (Lipinski definition) is 4. The molecule has 5 rings (SSSR count). The normalized spacial score (nSPS) is 21.6. The Morgan fingerprint density at radius 3 is 2.62 bits per heavy atom. The number of carboxylic acids is 1. The molecule has 8 heteroatoms. The number of aliphatic carboxylic acids is 1. The molecule has 0 radical (unpaired) electrons. The van der Waals surface area contributed by atoms with Crippen molar-refractivity contribution in [2.45, 2.75) is 57.5 Å². The van der Waals surface area contributed by atoms with Crippen molar-refractivity contribution >= 4 is 5.97 Å². The van der Waals surface area contributed by atoms with Gasteiger partial charge in [0.05, 0.1) is 5.92 Å². The summed E-state index contributed by atoms with van der Waals surface area (Å²) in [5.41, 5.74) is 3.07. The van der Waals surface area contributed by atoms with E-state index in [0.717, 1.165) is 42.6 Å². The van der Waals surface area contributed by atoms with Crippen LogP contribution in [0.3, 0.4) is 0 Å². The van der Waals surface area contributed by atoms with Crippen molar-refractivity contribution in [3.63, 3.8) is 0 Å². The summed E-state index contributed by atoms with van der Waals surface area (Å²) in [6.45, 7) is 3.49. The van der Waals surface area contributed by atoms with Gasteiger partial charge in [0.15, 0.2) is 0 Å². The third kappa shape index (κ3) is 5.72. The third-order valence-corrected chi connectivity index (χ3v) is 7.87. The highest BCUT2D eigenvalue weighted by Gasteiger charge is 2.40. The number of aryl methyl sites for hydroxylation is 1. The van der Waals surface area contributed by atoms with E-state index in [0.29, 0.717) is 36.7 Å². The van der Waals surface area contributed by atoms with Gasteiger partial charge in [-0.15, -0.1) is 19.6 Å². The summed E-state index contributed by atoms with van der Waals surface area (Å²) < 4.78 is 49.2. The summed E-state index contributed by atoms with van der Waals surface area (Å²) >= 11 is 0. The van der Waals surface area contributed by atoms with Gasteiger partial charge in [-0.2, -0.15) is 0 Å². The maximum absolute atomic E-state index is 12.9. The molecule has 3 aliphatic rings. The van der Waals surface area contributed by atoms with Crippen molar-refractivity contribution in [2.24, 2.45) is 17.8 Å². The molecule has 1 saturated carbocycles. The molecule has 0 amide bonds. The lowest BCUT2D eigenvalue weighted by molar-refractivity contribution is -0.275. The maximum Gasteiger partial charge on any atom is 0.573 e. The number of likely N-dealkylation sites (tertiary alicyclic amines) is 1. The van der Waals surface area contributed by atoms with Gasteiger partial charge in [-0.25, -0.2) is 0 Å². The predicted molar refractivity (Wildman–Crippen MR) is 131 cm³/mol. The smallest absolute Gasteiger partial charge is 0.490 e. The van der Waals surface area contributed by atoms with E-state index in [1.165, 1.54) is 12.1 Å². The van der Waals surface area contributed by atoms with Crippen LogP contribution in [0.5, 0.6) is 11.5 Å². The molecule has 0 spiro atoms. The number of halogens is 3. The molecule has 1 aliphatic carbocycles. The van der Waals surface area contributed by atoms with Gasteiger partial charge in [-0.3, -0.25) is 9.69 Å². The van der Waals surface area contributed by atoms with E-state index < -0.39 is 18.2 Å². The van der Waals surface area contributed by atoms with Crippen LogP contribution in [-0.2, 0) is 17.8 Å². The minimum absolute atomic E-state index is 0.0122. The fourth-order valence-corrected chi connectivity index (χ4v) is 5.76. The minimum Gasteiger partial charge on any atom is -0.490 e. The lowest BCUT2D eigenvalue weighted by Crippen LogP contribution is -2.53. The first-order chi connectivity index (χ1) is 17.6. The Morgan fingerprint density at radius 1 is 1.22 bits per heavy atom. The van der Waals surface area contributed by atoms with E-state index in [1.54, 1.807) is 13.0 Å². The Morgan fingerprint density at radius 2 is 1.97 bits per heavy atom. The van der Waals surface area contributed by atoms with Crippen LogP contribution in [0.2, 0.25) is 0 Å². The highest BCUT2D eigenvalue weighted by atomic mass is 19.4. The van der Waals surface area contributed by atoms with Crippen LogP contribution in [0.15, 0.2) is 36.4 Å². The zero-order valence-electron chi connectivity index (χ0n) is 20.6. The van der Waals surface area contributed by atoms with Gasteiger partial charge in [0.25, 0.3) is 0 Å². The van der Waals surface area contributed by atoms with Gasteiger partial charge < -0.3 is 14.6 Å². The Kier molecular flexibility index (Phi) is 6.84. The van der Waals surface area contributed by atoms with Crippen molar-refractivity contribution in [3.8, 4) is 23.8 Å². The van der Waals surface area contributed by atoms with Gasteiger partial charge in [-0.05, 0) is 72.9 Å². The molecule has 0 aromatic heterocycles. The maximum atomic E-state index is 12.9. The molecule has 2 aliphatic heterocycles. The van der Waals surface area contributed by atoms with Crippen molar-refractivity contribution in [1.29, 1.82) is 0 Å². The van der Waals surface area contributed by atoms with Gasteiger partial charge in [0, 0.05) is 36.7 Å². The second kappa shape index (κ2) is 9.94. The molecule has 196 valence electrons. The Balaban J connectivity index is 1.23. The van der Waals surface area contributed by atoms with Crippen LogP contribution in [0.4, 0.5) is 13.2 Å². The van der Waals surface area contributed by atoms with Gasteiger partial charge in [0.2, 0.25) is 0 Å². The van der Waals surface area contributed by atoms with Crippen LogP contribution in [0, 0.1) is 30.1 Å². The van der Waals surface area contributed by atoms with Crippen LogP contribution in [-0.4, -0.2) is 41.5 Å². The van der Waals surface area contributed by atoms with Crippen LogP contribution >= 0.6 is 0 Å². The standard InChI is InChI=1S/C29H30F3NO4/c1-3-18-4-10-25(37-29(30,31)32)22(12-18)14-33-15-23(16-33)24-11-9-19-5-8-21(13-26(19)36-24)27(20-6-7-20)17(2)28(34)35/h1,4-5,8,10,12-13,17,20,23-24,27H,6-7,9,11,14-16H2,2H3,(H,34,35)/t17-,24+,27-/m0/s1. The predicted octanol–water partition coefficient (Wildman–Crippen LogP) is 5.61. The average Bonchev–Trinajstić information content (AvgIpc) is 3.65. The van der Waals surface area contributed by atoms with Crippen molar-refractivity contribution in [1.82, 2.24) is 4.90 Å². The second-order valence-electron chi connectivity index (χ2n) is 10.5. The summed E-state index contributed by atoms with van der Waals surface area (Å²) in [5.74, 6) is 2.48. The molecule has 2 heterocycles. The van der Waals surface area contributed by atoms with E-state index in [2.05, 4.69) is 27.7 Å². The fraction of sp³-hybridized carbons (Fsp3) is 0.483. The lowest BCUT2D eigenvalue weighted by atomic mass is 9.82. The average molecular weight is 514 g/mol. The Bertz CT molecular complexity index is 1210. The van der Waals surface area contributed by atoms with E-state index in [4.69, 9.17) is 11.2 Å². The number of terminal acetylenes is 1. The van der Waals surface area contributed by atoms with Crippen LogP contribution in [0.25, 0.3) is 0 Å². The number of carbonyl (C=O) groups is 1. The van der Waals surface area contributed by atoms with E-state index in [9.17, 15) is 23.1 Å². The van der Waals surface area contributed by atoms with Crippen molar-refractivity contribution in [2.75, 3.05) is 13.1 Å². The van der Waals surface area contributed by atoms with Crippen molar-refractivity contribution < 1.29 is 32.5 Å². The highest BCUT2D eigenvalue weighted by Crippen LogP contribution is 2.48. The topological polar surface area (TPSA) is 59.0 Å². The third-order valence-electron chi connectivity index (χ3n) is 7.87. The first-order valence-electron chi connectivity index (χ1n) is 12.7. The van der Waals surface area contributed by atoms with Gasteiger partial charge in [0.1, 0.15) is 17.6 Å². The number of ether oxygens (including phenoxy) is 2.